The van der Waals surface area contributed by atoms with E-state index in [1.165, 1.54) is 77.6 Å². The van der Waals surface area contributed by atoms with Crippen molar-refractivity contribution in [3.05, 3.63) is 277 Å². The predicted octanol–water partition coefficient (Wildman–Crippen LogP) is 17.8. The van der Waals surface area contributed by atoms with Gasteiger partial charge in [-0.05, 0) is 110 Å². The lowest BCUT2D eigenvalue weighted by atomic mass is 9.65. The molecule has 13 aromatic rings. The monoisotopic (exact) mass is 890 g/mol. The van der Waals surface area contributed by atoms with Gasteiger partial charge in [-0.3, -0.25) is 0 Å². The first-order valence-corrected chi connectivity index (χ1v) is 24.2. The Kier molecular flexibility index (Phi) is 8.28. The predicted molar refractivity (Wildman–Crippen MR) is 290 cm³/mol. The fraction of sp³-hybridized carbons (Fsp3) is 0.0149. The highest BCUT2D eigenvalue weighted by Crippen LogP contribution is 2.62. The Morgan fingerprint density at radius 1 is 0.329 bits per heavy atom. The second-order valence-corrected chi connectivity index (χ2v) is 18.7. The molecule has 0 bridgehead atoms. The van der Waals surface area contributed by atoms with Gasteiger partial charge in [0.2, 0.25) is 0 Å². The summed E-state index contributed by atoms with van der Waals surface area (Å²) in [6.07, 6.45) is 0. The van der Waals surface area contributed by atoms with Crippen molar-refractivity contribution in [1.82, 2.24) is 4.57 Å². The van der Waals surface area contributed by atoms with Crippen LogP contribution in [0.25, 0.3) is 93.9 Å². The van der Waals surface area contributed by atoms with Crippen LogP contribution in [-0.4, -0.2) is 4.57 Å². The number of aromatic nitrogens is 1. The third kappa shape index (κ3) is 5.34. The molecule has 0 N–H and O–H groups in total. The van der Waals surface area contributed by atoms with E-state index in [9.17, 15) is 0 Å². The van der Waals surface area contributed by atoms with Gasteiger partial charge in [-0.1, -0.05) is 200 Å². The lowest BCUT2D eigenvalue weighted by molar-refractivity contribution is 0.669. The first kappa shape index (κ1) is 38.9. The average Bonchev–Trinajstić information content (AvgIpc) is 4.08. The molecule has 1 atom stereocenters. The van der Waals surface area contributed by atoms with Crippen LogP contribution in [0.1, 0.15) is 22.3 Å². The van der Waals surface area contributed by atoms with E-state index in [0.717, 1.165) is 55.7 Å². The molecule has 1 unspecified atom stereocenters. The van der Waals surface area contributed by atoms with Crippen LogP contribution < -0.4 is 4.90 Å². The molecule has 0 radical (unpaired) electrons. The van der Waals surface area contributed by atoms with Crippen LogP contribution in [0.3, 0.4) is 0 Å². The maximum absolute atomic E-state index is 6.37. The van der Waals surface area contributed by atoms with Crippen molar-refractivity contribution in [2.24, 2.45) is 0 Å². The largest absolute Gasteiger partial charge is 0.456 e. The summed E-state index contributed by atoms with van der Waals surface area (Å²) < 4.78 is 8.89. The molecule has 1 aliphatic heterocycles. The summed E-state index contributed by atoms with van der Waals surface area (Å²) in [6.45, 7) is 0. The molecule has 2 aromatic heterocycles. The van der Waals surface area contributed by atoms with Crippen molar-refractivity contribution in [3.8, 4) is 50.2 Å². The van der Waals surface area contributed by atoms with Crippen molar-refractivity contribution >= 4 is 60.8 Å². The maximum Gasteiger partial charge on any atom is 0.135 e. The minimum absolute atomic E-state index is 0.611. The Morgan fingerprint density at radius 2 is 0.929 bits per heavy atom. The highest BCUT2D eigenvalue weighted by atomic mass is 16.3. The van der Waals surface area contributed by atoms with Gasteiger partial charge in [0.1, 0.15) is 11.2 Å². The topological polar surface area (TPSA) is 21.3 Å². The van der Waals surface area contributed by atoms with Gasteiger partial charge in [0, 0.05) is 38.4 Å². The molecule has 15 rings (SSSR count). The summed E-state index contributed by atoms with van der Waals surface area (Å²) in [6, 6.07) is 93.9. The number of fused-ring (bicyclic) bond motifs is 15. The summed E-state index contributed by atoms with van der Waals surface area (Å²) in [5.74, 6) is 0. The molecule has 3 nitrogen and oxygen atoms in total. The maximum atomic E-state index is 6.37. The third-order valence-corrected chi connectivity index (χ3v) is 15.2. The number of para-hydroxylation sites is 6. The summed E-state index contributed by atoms with van der Waals surface area (Å²) >= 11 is 0. The van der Waals surface area contributed by atoms with Gasteiger partial charge in [-0.25, -0.2) is 0 Å². The van der Waals surface area contributed by atoms with Gasteiger partial charge in [-0.15, -0.1) is 0 Å². The van der Waals surface area contributed by atoms with E-state index in [0.29, 0.717) is 0 Å². The molecule has 0 saturated heterocycles. The Balaban J connectivity index is 1.03. The number of furan rings is 1. The average molecular weight is 891 g/mol. The number of hydrogen-bond donors (Lipinski definition) is 0. The van der Waals surface area contributed by atoms with E-state index in [1.54, 1.807) is 0 Å². The Labute approximate surface area is 405 Å². The minimum atomic E-state index is -0.611. The smallest absolute Gasteiger partial charge is 0.135 e. The molecule has 326 valence electrons. The van der Waals surface area contributed by atoms with Crippen LogP contribution in [0.4, 0.5) is 17.1 Å². The summed E-state index contributed by atoms with van der Waals surface area (Å²) in [5, 5.41) is 4.75. The number of rotatable bonds is 6. The van der Waals surface area contributed by atoms with E-state index in [1.807, 2.05) is 6.07 Å². The normalized spacial score (nSPS) is 14.3. The Morgan fingerprint density at radius 3 is 1.79 bits per heavy atom. The summed E-state index contributed by atoms with van der Waals surface area (Å²) in [4.78, 5) is 2.52. The second kappa shape index (κ2) is 14.9. The van der Waals surface area contributed by atoms with Crippen LogP contribution >= 0.6 is 0 Å². The third-order valence-electron chi connectivity index (χ3n) is 15.2. The van der Waals surface area contributed by atoms with Crippen LogP contribution in [0.15, 0.2) is 259 Å². The molecule has 11 aromatic carbocycles. The van der Waals surface area contributed by atoms with Gasteiger partial charge in [0.15, 0.2) is 0 Å². The van der Waals surface area contributed by atoms with Crippen molar-refractivity contribution < 1.29 is 4.42 Å². The Bertz CT molecular complexity index is 4270. The van der Waals surface area contributed by atoms with Crippen molar-refractivity contribution in [1.29, 1.82) is 0 Å². The summed E-state index contributed by atoms with van der Waals surface area (Å²) in [7, 11) is 0. The van der Waals surface area contributed by atoms with Gasteiger partial charge < -0.3 is 13.9 Å². The van der Waals surface area contributed by atoms with Crippen molar-refractivity contribution in [2.45, 2.75) is 5.41 Å². The Hall–Kier alpha value is -9.18. The summed E-state index contributed by atoms with van der Waals surface area (Å²) in [5.41, 5.74) is 22.7. The zero-order valence-corrected chi connectivity index (χ0v) is 38.1. The number of hydrogen-bond acceptors (Lipinski definition) is 2. The molecule has 0 amide bonds. The van der Waals surface area contributed by atoms with Crippen LogP contribution in [-0.2, 0) is 5.41 Å². The molecular formula is C67H42N2O. The van der Waals surface area contributed by atoms with Crippen LogP contribution in [0, 0.1) is 0 Å². The number of nitrogens with zero attached hydrogens (tertiary/aromatic N) is 2. The van der Waals surface area contributed by atoms with E-state index in [4.69, 9.17) is 4.42 Å². The molecule has 0 saturated carbocycles. The fourth-order valence-corrected chi connectivity index (χ4v) is 12.4. The fourth-order valence-electron chi connectivity index (χ4n) is 12.4. The zero-order valence-electron chi connectivity index (χ0n) is 38.1. The molecule has 1 spiro atoms. The minimum Gasteiger partial charge on any atom is -0.456 e. The van der Waals surface area contributed by atoms with Gasteiger partial charge in [0.05, 0.1) is 33.5 Å². The zero-order chi connectivity index (χ0) is 45.9. The molecule has 2 aliphatic rings. The van der Waals surface area contributed by atoms with Gasteiger partial charge in [-0.2, -0.15) is 0 Å². The van der Waals surface area contributed by atoms with Gasteiger partial charge in [0.25, 0.3) is 0 Å². The molecule has 3 heterocycles. The van der Waals surface area contributed by atoms with Crippen molar-refractivity contribution in [2.75, 3.05) is 4.90 Å². The number of anilines is 3. The first-order valence-electron chi connectivity index (χ1n) is 24.2. The molecule has 0 fully saturated rings. The highest BCUT2D eigenvalue weighted by molar-refractivity contribution is 6.13. The molecule has 3 heteroatoms. The first-order chi connectivity index (χ1) is 34.8. The van der Waals surface area contributed by atoms with E-state index >= 15 is 0 Å². The second-order valence-electron chi connectivity index (χ2n) is 18.7. The highest BCUT2D eigenvalue weighted by Gasteiger charge is 2.51. The van der Waals surface area contributed by atoms with E-state index in [2.05, 4.69) is 258 Å². The lowest BCUT2D eigenvalue weighted by Crippen LogP contribution is -2.33. The standard InChI is InChI=1S/C67H42N2O/c1-2-19-43(20-3-1)46-21-4-5-23-48(46)51-25-8-14-33-61(51)68(60-32-13-7-22-47(60)44-37-40-65-55(41-44)53-27-10-17-36-64(53)70-65)45-38-39-50-49-24-6-11-29-56(49)67(59(50)42-45)57-30-12-16-35-63(57)69-62-34-15-9-26-52(62)54-28-18-31-58(67)66(54)69/h1-42H. The van der Waals surface area contributed by atoms with Crippen LogP contribution in [0.5, 0.6) is 0 Å². The quantitative estimate of drug-likeness (QED) is 0.166. The number of benzene rings is 11. The lowest BCUT2D eigenvalue weighted by Gasteiger charge is -2.40. The molecule has 1 aliphatic carbocycles. The van der Waals surface area contributed by atoms with E-state index in [-0.39, 0.29) is 0 Å². The molecular weight excluding hydrogens is 849 g/mol. The molecule has 70 heavy (non-hydrogen) atoms. The SMILES string of the molecule is c1ccc(-c2ccccc2-c2ccccc2N(c2ccc3c(c2)C2(c4ccccc4-3)c3ccccc3-n3c4ccccc4c4cccc2c43)c2ccccc2-c2ccc3oc4ccccc4c3c2)cc1. The van der Waals surface area contributed by atoms with Crippen LogP contribution in [0.2, 0.25) is 0 Å². The van der Waals surface area contributed by atoms with Gasteiger partial charge >= 0.3 is 0 Å². The van der Waals surface area contributed by atoms with Crippen molar-refractivity contribution in [3.63, 3.8) is 0 Å². The van der Waals surface area contributed by atoms with E-state index < -0.39 is 5.41 Å².